The van der Waals surface area contributed by atoms with E-state index in [-0.39, 0.29) is 4.90 Å². The molecule has 1 rings (SSSR count). The first-order chi connectivity index (χ1) is 4.22. The molecule has 6 nitrogen and oxygen atoms in total. The van der Waals surface area contributed by atoms with Gasteiger partial charge in [0.15, 0.2) is 0 Å². The Labute approximate surface area is 48.8 Å². The largest absolute Gasteiger partial charge is 0.475 e. The molecule has 0 saturated carbocycles. The van der Waals surface area contributed by atoms with Crippen LogP contribution >= 0.6 is 0 Å². The molecule has 0 aliphatic carbocycles. The molecular formula is C3H2N2O4. The number of carboxylic acid groups (broad SMARTS) is 1. The van der Waals surface area contributed by atoms with Gasteiger partial charge in [0.1, 0.15) is 0 Å². The zero-order valence-corrected chi connectivity index (χ0v) is 4.14. The first-order valence-electron chi connectivity index (χ1n) is 2.00. The maximum Gasteiger partial charge on any atom is 0.384 e. The van der Waals surface area contributed by atoms with Crippen LogP contribution in [0.15, 0.2) is 10.8 Å². The summed E-state index contributed by atoms with van der Waals surface area (Å²) in [6, 6.07) is 0. The molecule has 1 N–H and O–H groups in total. The van der Waals surface area contributed by atoms with E-state index in [1.807, 2.05) is 0 Å². The van der Waals surface area contributed by atoms with Gasteiger partial charge in [-0.2, -0.15) is 0 Å². The summed E-state index contributed by atoms with van der Waals surface area (Å²) in [6.45, 7) is 0. The van der Waals surface area contributed by atoms with E-state index in [0.29, 0.717) is 0 Å². The van der Waals surface area contributed by atoms with E-state index in [2.05, 4.69) is 9.79 Å². The van der Waals surface area contributed by atoms with Crippen molar-refractivity contribution < 1.29 is 19.4 Å². The van der Waals surface area contributed by atoms with Crippen LogP contribution in [0.5, 0.6) is 0 Å². The summed E-state index contributed by atoms with van der Waals surface area (Å²) >= 11 is 0. The third-order valence-electron chi connectivity index (χ3n) is 0.712. The first-order valence-corrected chi connectivity index (χ1v) is 2.00. The minimum Gasteiger partial charge on any atom is -0.475 e. The lowest BCUT2D eigenvalue weighted by atomic mass is 10.5. The molecule has 0 unspecified atom stereocenters. The number of hydrogen-bond donors (Lipinski definition) is 1. The Hall–Kier alpha value is -1.59. The molecule has 0 bridgehead atoms. The van der Waals surface area contributed by atoms with E-state index >= 15 is 0 Å². The zero-order valence-electron chi connectivity index (χ0n) is 4.14. The Morgan fingerprint density at radius 3 is 2.89 bits per heavy atom. The predicted octanol–water partition coefficient (Wildman–Crippen LogP) is -0.994. The molecule has 48 valence electrons. The SMILES string of the molecule is O=C(O)c1cno[n+]1[O-]. The topological polar surface area (TPSA) is 90.3 Å². The molecule has 0 radical (unpaired) electrons. The van der Waals surface area contributed by atoms with Crippen LogP contribution in [0.2, 0.25) is 0 Å². The highest BCUT2D eigenvalue weighted by Gasteiger charge is 2.14. The summed E-state index contributed by atoms with van der Waals surface area (Å²) < 4.78 is 3.86. The standard InChI is InChI=1S/C3H2N2O4/c6-3(7)2-1-4-9-5(2)8/h1H,(H,6,7). The van der Waals surface area contributed by atoms with Crippen LogP contribution in [-0.4, -0.2) is 16.2 Å². The molecule has 1 aromatic heterocycles. The fourth-order valence-electron chi connectivity index (χ4n) is 0.341. The van der Waals surface area contributed by atoms with Gasteiger partial charge >= 0.3 is 11.7 Å². The van der Waals surface area contributed by atoms with Gasteiger partial charge in [0.05, 0.1) is 0 Å². The molecule has 0 spiro atoms. The van der Waals surface area contributed by atoms with Gasteiger partial charge in [-0.1, -0.05) is 0 Å². The van der Waals surface area contributed by atoms with Gasteiger partial charge in [0.2, 0.25) is 6.20 Å². The number of rotatable bonds is 1. The van der Waals surface area contributed by atoms with E-state index in [9.17, 15) is 10.0 Å². The van der Waals surface area contributed by atoms with Crippen LogP contribution in [0.3, 0.4) is 0 Å². The van der Waals surface area contributed by atoms with Crippen LogP contribution in [0, 0.1) is 5.21 Å². The third kappa shape index (κ3) is 0.809. The molecule has 1 aromatic rings. The van der Waals surface area contributed by atoms with E-state index in [1.165, 1.54) is 0 Å². The number of carbonyl (C=O) groups is 1. The van der Waals surface area contributed by atoms with Crippen LogP contribution in [0.1, 0.15) is 10.5 Å². The average Bonchev–Trinajstić information content (AvgIpc) is 2.13. The number of aromatic nitrogens is 2. The molecule has 0 aliphatic rings. The predicted molar refractivity (Wildman–Crippen MR) is 22.4 cm³/mol. The quantitative estimate of drug-likeness (QED) is 0.492. The minimum atomic E-state index is -1.36. The maximum atomic E-state index is 10.2. The van der Waals surface area contributed by atoms with Crippen LogP contribution in [0.25, 0.3) is 0 Å². The molecule has 1 heterocycles. The van der Waals surface area contributed by atoms with E-state index in [4.69, 9.17) is 5.11 Å². The number of aromatic carboxylic acids is 1. The van der Waals surface area contributed by atoms with Crippen molar-refractivity contribution in [3.8, 4) is 0 Å². The maximum absolute atomic E-state index is 10.2. The third-order valence-corrected chi connectivity index (χ3v) is 0.712. The second-order valence-corrected chi connectivity index (χ2v) is 1.26. The average molecular weight is 130 g/mol. The second-order valence-electron chi connectivity index (χ2n) is 1.26. The molecule has 0 saturated heterocycles. The monoisotopic (exact) mass is 130 g/mol. The van der Waals surface area contributed by atoms with Gasteiger partial charge < -0.3 is 10.3 Å². The summed E-state index contributed by atoms with van der Waals surface area (Å²) in [5.74, 6) is -1.36. The number of carboxylic acids is 1. The van der Waals surface area contributed by atoms with Crippen LogP contribution in [-0.2, 0) is 0 Å². The Morgan fingerprint density at radius 1 is 2.00 bits per heavy atom. The Kier molecular flexibility index (Phi) is 1.07. The fourth-order valence-corrected chi connectivity index (χ4v) is 0.341. The van der Waals surface area contributed by atoms with Crippen molar-refractivity contribution in [1.29, 1.82) is 0 Å². The van der Waals surface area contributed by atoms with Gasteiger partial charge in [-0.25, -0.2) is 4.79 Å². The van der Waals surface area contributed by atoms with E-state index in [0.717, 1.165) is 6.20 Å². The van der Waals surface area contributed by atoms with E-state index < -0.39 is 11.7 Å². The first kappa shape index (κ1) is 5.54. The highest BCUT2D eigenvalue weighted by Crippen LogP contribution is 1.84. The Balaban J connectivity index is 3.08. The molecule has 0 fully saturated rings. The molecular weight excluding hydrogens is 128 g/mol. The van der Waals surface area contributed by atoms with Gasteiger partial charge in [-0.15, -0.1) is 0 Å². The lowest BCUT2D eigenvalue weighted by Crippen LogP contribution is -2.30. The second kappa shape index (κ2) is 1.73. The molecule has 6 heteroatoms. The van der Waals surface area contributed by atoms with Crippen LogP contribution < -0.4 is 4.90 Å². The van der Waals surface area contributed by atoms with Crippen molar-refractivity contribution >= 4 is 5.97 Å². The summed E-state index contributed by atoms with van der Waals surface area (Å²) in [5, 5.41) is 21.2. The lowest BCUT2D eigenvalue weighted by Gasteiger charge is -1.84. The molecule has 9 heavy (non-hydrogen) atoms. The molecule has 0 amide bonds. The fraction of sp³-hybridized carbons (Fsp3) is 0. The number of hydrogen-bond acceptors (Lipinski definition) is 4. The highest BCUT2D eigenvalue weighted by molar-refractivity contribution is 5.83. The molecule has 0 aromatic carbocycles. The van der Waals surface area contributed by atoms with Gasteiger partial charge in [-0.05, 0) is 4.90 Å². The minimum absolute atomic E-state index is 0.178. The lowest BCUT2D eigenvalue weighted by molar-refractivity contribution is -0.804. The number of nitrogens with zero attached hydrogens (tertiary/aromatic N) is 2. The summed E-state index contributed by atoms with van der Waals surface area (Å²) in [5.41, 5.74) is -0.519. The van der Waals surface area contributed by atoms with Crippen LogP contribution in [0.4, 0.5) is 0 Å². The zero-order chi connectivity index (χ0) is 6.85. The van der Waals surface area contributed by atoms with E-state index in [1.54, 1.807) is 0 Å². The summed E-state index contributed by atoms with van der Waals surface area (Å²) in [4.78, 5) is 9.78. The normalized spacial score (nSPS) is 9.33. The van der Waals surface area contributed by atoms with Gasteiger partial charge in [0, 0.05) is 5.16 Å². The molecule has 0 aliphatic heterocycles. The van der Waals surface area contributed by atoms with Crippen molar-refractivity contribution in [2.24, 2.45) is 0 Å². The summed E-state index contributed by atoms with van der Waals surface area (Å²) in [6.07, 6.45) is 0.829. The molecule has 0 atom stereocenters. The van der Waals surface area contributed by atoms with Crippen molar-refractivity contribution in [2.45, 2.75) is 0 Å². The van der Waals surface area contributed by atoms with Gasteiger partial charge in [0.25, 0.3) is 0 Å². The summed E-state index contributed by atoms with van der Waals surface area (Å²) in [7, 11) is 0. The van der Waals surface area contributed by atoms with Crippen molar-refractivity contribution in [2.75, 3.05) is 0 Å². The smallest absolute Gasteiger partial charge is 0.384 e. The van der Waals surface area contributed by atoms with Crippen molar-refractivity contribution in [1.82, 2.24) is 5.16 Å². The van der Waals surface area contributed by atoms with Crippen molar-refractivity contribution in [3.63, 3.8) is 0 Å². The highest BCUT2D eigenvalue weighted by atomic mass is 16.8. The Morgan fingerprint density at radius 2 is 2.67 bits per heavy atom. The Bertz CT molecular complexity index is 229. The van der Waals surface area contributed by atoms with Gasteiger partial charge in [-0.3, -0.25) is 4.63 Å². The van der Waals surface area contributed by atoms with Crippen molar-refractivity contribution in [3.05, 3.63) is 17.1 Å².